The first-order chi connectivity index (χ1) is 7.56. The summed E-state index contributed by atoms with van der Waals surface area (Å²) >= 11 is 0. The van der Waals surface area contributed by atoms with Crippen LogP contribution in [0.2, 0.25) is 0 Å². The van der Waals surface area contributed by atoms with Gasteiger partial charge in [-0.3, -0.25) is 5.41 Å². The molecule has 1 aromatic heterocycles. The van der Waals surface area contributed by atoms with E-state index in [1.807, 2.05) is 13.1 Å². The second-order valence-corrected chi connectivity index (χ2v) is 4.18. The number of anilines is 1. The average molecular weight is 220 g/mol. The van der Waals surface area contributed by atoms with Crippen LogP contribution >= 0.6 is 0 Å². The number of amidine groups is 1. The van der Waals surface area contributed by atoms with E-state index in [0.717, 1.165) is 18.8 Å². The zero-order valence-corrected chi connectivity index (χ0v) is 10.2. The molecular formula is C12H20N4. The number of hydrogen-bond acceptors (Lipinski definition) is 3. The largest absolute Gasteiger partial charge is 0.384 e. The molecule has 16 heavy (non-hydrogen) atoms. The molecule has 0 amide bonds. The van der Waals surface area contributed by atoms with Gasteiger partial charge in [0.15, 0.2) is 0 Å². The van der Waals surface area contributed by atoms with Gasteiger partial charge in [-0.1, -0.05) is 20.3 Å². The van der Waals surface area contributed by atoms with Gasteiger partial charge in [-0.2, -0.15) is 0 Å². The number of nitrogens with one attached hydrogen (secondary N) is 1. The molecule has 0 aliphatic heterocycles. The number of rotatable bonds is 5. The molecule has 0 saturated carbocycles. The minimum Gasteiger partial charge on any atom is -0.384 e. The fourth-order valence-corrected chi connectivity index (χ4v) is 1.59. The Kier molecular flexibility index (Phi) is 4.28. The van der Waals surface area contributed by atoms with Crippen molar-refractivity contribution in [3.05, 3.63) is 23.9 Å². The zero-order valence-electron chi connectivity index (χ0n) is 10.2. The molecule has 1 aromatic rings. The van der Waals surface area contributed by atoms with Crippen molar-refractivity contribution in [1.82, 2.24) is 4.98 Å². The van der Waals surface area contributed by atoms with Crippen LogP contribution in [0.1, 0.15) is 25.8 Å². The monoisotopic (exact) mass is 220 g/mol. The molecule has 0 radical (unpaired) electrons. The molecule has 1 unspecified atom stereocenters. The van der Waals surface area contributed by atoms with Crippen molar-refractivity contribution in [2.75, 3.05) is 18.5 Å². The molecule has 1 rings (SSSR count). The summed E-state index contributed by atoms with van der Waals surface area (Å²) in [5, 5.41) is 7.51. The Morgan fingerprint density at radius 1 is 1.62 bits per heavy atom. The zero-order chi connectivity index (χ0) is 12.1. The first kappa shape index (κ1) is 12.5. The second kappa shape index (κ2) is 5.49. The number of pyridine rings is 1. The van der Waals surface area contributed by atoms with Gasteiger partial charge < -0.3 is 10.6 Å². The summed E-state index contributed by atoms with van der Waals surface area (Å²) in [5.74, 6) is 1.46. The summed E-state index contributed by atoms with van der Waals surface area (Å²) in [6.07, 6.45) is 2.86. The molecule has 0 aliphatic rings. The predicted molar refractivity (Wildman–Crippen MR) is 68.0 cm³/mol. The number of nitrogen functional groups attached to an aromatic ring is 1. The summed E-state index contributed by atoms with van der Waals surface area (Å²) in [6.45, 7) is 5.30. The van der Waals surface area contributed by atoms with Gasteiger partial charge in [0.1, 0.15) is 11.7 Å². The van der Waals surface area contributed by atoms with Crippen molar-refractivity contribution in [3.8, 4) is 0 Å². The lowest BCUT2D eigenvalue weighted by Gasteiger charge is -2.23. The normalized spacial score (nSPS) is 12.2. The minimum atomic E-state index is 0.0686. The first-order valence-corrected chi connectivity index (χ1v) is 5.56. The molecule has 1 heterocycles. The Bertz CT molecular complexity index is 362. The van der Waals surface area contributed by atoms with Crippen LogP contribution in [-0.2, 0) is 0 Å². The fourth-order valence-electron chi connectivity index (χ4n) is 1.59. The fraction of sp³-hybridized carbons (Fsp3) is 0.500. The van der Waals surface area contributed by atoms with Crippen LogP contribution < -0.4 is 10.6 Å². The van der Waals surface area contributed by atoms with Crippen LogP contribution in [0.5, 0.6) is 0 Å². The maximum Gasteiger partial charge on any atom is 0.139 e. The van der Waals surface area contributed by atoms with Gasteiger partial charge >= 0.3 is 0 Å². The van der Waals surface area contributed by atoms with Crippen LogP contribution in [0.4, 0.5) is 5.82 Å². The van der Waals surface area contributed by atoms with Crippen molar-refractivity contribution in [1.29, 1.82) is 5.41 Å². The van der Waals surface area contributed by atoms with Gasteiger partial charge in [0.05, 0.1) is 5.56 Å². The Labute approximate surface area is 97.0 Å². The molecule has 0 fully saturated rings. The van der Waals surface area contributed by atoms with Gasteiger partial charge in [0.2, 0.25) is 0 Å². The molecule has 4 nitrogen and oxygen atoms in total. The summed E-state index contributed by atoms with van der Waals surface area (Å²) in [4.78, 5) is 6.35. The van der Waals surface area contributed by atoms with E-state index in [2.05, 4.69) is 23.7 Å². The number of nitrogens with two attached hydrogens (primary N) is 1. The molecular weight excluding hydrogens is 200 g/mol. The standard InChI is InChI=1S/C12H20N4/c1-4-9(2)8-16(3)12-10(11(13)14)6-5-7-15-12/h5-7,9H,4,8H2,1-3H3,(H3,13,14). The van der Waals surface area contributed by atoms with Gasteiger partial charge in [0.25, 0.3) is 0 Å². The Hall–Kier alpha value is -1.58. The maximum atomic E-state index is 7.51. The van der Waals surface area contributed by atoms with Crippen LogP contribution in [0.15, 0.2) is 18.3 Å². The van der Waals surface area contributed by atoms with E-state index in [-0.39, 0.29) is 5.84 Å². The average Bonchev–Trinajstić information content (AvgIpc) is 2.28. The van der Waals surface area contributed by atoms with Crippen LogP contribution in [0.3, 0.4) is 0 Å². The SMILES string of the molecule is CCC(C)CN(C)c1ncccc1C(=N)N. The van der Waals surface area contributed by atoms with Gasteiger partial charge in [-0.15, -0.1) is 0 Å². The van der Waals surface area contributed by atoms with Crippen LogP contribution in [0.25, 0.3) is 0 Å². The van der Waals surface area contributed by atoms with Crippen molar-refractivity contribution < 1.29 is 0 Å². The Morgan fingerprint density at radius 3 is 2.88 bits per heavy atom. The highest BCUT2D eigenvalue weighted by Crippen LogP contribution is 2.16. The van der Waals surface area contributed by atoms with E-state index in [0.29, 0.717) is 11.5 Å². The highest BCUT2D eigenvalue weighted by Gasteiger charge is 2.12. The van der Waals surface area contributed by atoms with Crippen molar-refractivity contribution >= 4 is 11.7 Å². The lowest BCUT2D eigenvalue weighted by Crippen LogP contribution is -2.27. The first-order valence-electron chi connectivity index (χ1n) is 5.56. The van der Waals surface area contributed by atoms with Crippen molar-refractivity contribution in [2.24, 2.45) is 11.7 Å². The van der Waals surface area contributed by atoms with Gasteiger partial charge in [0, 0.05) is 19.8 Å². The molecule has 4 heteroatoms. The van der Waals surface area contributed by atoms with Crippen LogP contribution in [0, 0.1) is 11.3 Å². The summed E-state index contributed by atoms with van der Waals surface area (Å²) < 4.78 is 0. The topological polar surface area (TPSA) is 66.0 Å². The summed E-state index contributed by atoms with van der Waals surface area (Å²) in [6, 6.07) is 3.63. The van der Waals surface area contributed by atoms with E-state index in [4.69, 9.17) is 11.1 Å². The highest BCUT2D eigenvalue weighted by molar-refractivity contribution is 5.99. The molecule has 1 atom stereocenters. The second-order valence-electron chi connectivity index (χ2n) is 4.18. The number of aromatic nitrogens is 1. The van der Waals surface area contributed by atoms with Crippen molar-refractivity contribution in [2.45, 2.75) is 20.3 Å². The lowest BCUT2D eigenvalue weighted by molar-refractivity contribution is 0.557. The summed E-state index contributed by atoms with van der Waals surface area (Å²) in [5.41, 5.74) is 6.23. The minimum absolute atomic E-state index is 0.0686. The molecule has 3 N–H and O–H groups in total. The molecule has 0 aliphatic carbocycles. The number of nitrogens with zero attached hydrogens (tertiary/aromatic N) is 2. The number of hydrogen-bond donors (Lipinski definition) is 2. The lowest BCUT2D eigenvalue weighted by atomic mass is 10.1. The smallest absolute Gasteiger partial charge is 0.139 e. The third kappa shape index (κ3) is 2.95. The predicted octanol–water partition coefficient (Wildman–Crippen LogP) is 1.85. The maximum absolute atomic E-state index is 7.51. The third-order valence-corrected chi connectivity index (χ3v) is 2.72. The Balaban J connectivity index is 2.90. The van der Waals surface area contributed by atoms with E-state index < -0.39 is 0 Å². The van der Waals surface area contributed by atoms with E-state index in [1.54, 1.807) is 12.3 Å². The van der Waals surface area contributed by atoms with Crippen LogP contribution in [-0.4, -0.2) is 24.4 Å². The molecule has 88 valence electrons. The van der Waals surface area contributed by atoms with Crippen molar-refractivity contribution in [3.63, 3.8) is 0 Å². The molecule has 0 spiro atoms. The van der Waals surface area contributed by atoms with E-state index >= 15 is 0 Å². The molecule has 0 bridgehead atoms. The van der Waals surface area contributed by atoms with E-state index in [9.17, 15) is 0 Å². The highest BCUT2D eigenvalue weighted by atomic mass is 15.2. The van der Waals surface area contributed by atoms with Gasteiger partial charge in [-0.25, -0.2) is 4.98 Å². The third-order valence-electron chi connectivity index (χ3n) is 2.72. The molecule has 0 aromatic carbocycles. The quantitative estimate of drug-likeness (QED) is 0.588. The summed E-state index contributed by atoms with van der Waals surface area (Å²) in [7, 11) is 1.99. The van der Waals surface area contributed by atoms with Gasteiger partial charge in [-0.05, 0) is 18.1 Å². The van der Waals surface area contributed by atoms with E-state index in [1.165, 1.54) is 0 Å². The Morgan fingerprint density at radius 2 is 2.31 bits per heavy atom. The molecule has 0 saturated heterocycles.